The van der Waals surface area contributed by atoms with E-state index in [0.29, 0.717) is 18.6 Å². The van der Waals surface area contributed by atoms with Gasteiger partial charge in [0, 0.05) is 0 Å². The summed E-state index contributed by atoms with van der Waals surface area (Å²) in [5, 5.41) is 10.3. The first-order valence-electron chi connectivity index (χ1n) is 9.15. The molecule has 0 bridgehead atoms. The van der Waals surface area contributed by atoms with Crippen molar-refractivity contribution in [1.29, 1.82) is 0 Å². The van der Waals surface area contributed by atoms with E-state index in [1.54, 1.807) is 0 Å². The molecule has 0 saturated carbocycles. The second kappa shape index (κ2) is 10.8. The molecule has 0 unspecified atom stereocenters. The molecular weight excluding hydrogens is 411 g/mol. The fourth-order valence-electron chi connectivity index (χ4n) is 2.68. The van der Waals surface area contributed by atoms with E-state index in [0.717, 1.165) is 0 Å². The van der Waals surface area contributed by atoms with Crippen molar-refractivity contribution in [2.45, 2.75) is 31.6 Å². The number of amides is 1. The third kappa shape index (κ3) is 6.88. The summed E-state index contributed by atoms with van der Waals surface area (Å²) in [6, 6.07) is 5.15. The van der Waals surface area contributed by atoms with Crippen LogP contribution in [0.2, 0.25) is 0 Å². The molecule has 164 valence electrons. The zero-order valence-corrected chi connectivity index (χ0v) is 15.8. The Morgan fingerprint density at radius 2 is 1.97 bits per heavy atom. The van der Waals surface area contributed by atoms with Crippen LogP contribution in [-0.4, -0.2) is 55.2 Å². The van der Waals surface area contributed by atoms with Crippen molar-refractivity contribution in [3.63, 3.8) is 0 Å². The molecule has 12 heteroatoms. The molecule has 2 atom stereocenters. The lowest BCUT2D eigenvalue weighted by molar-refractivity contribution is -0.134. The molecule has 1 saturated heterocycles. The number of carbonyl (C=O) groups is 1. The number of nitrogens with zero attached hydrogens (tertiary/aromatic N) is 2. The molecule has 0 radical (unpaired) electrons. The van der Waals surface area contributed by atoms with Gasteiger partial charge in [-0.05, 0) is 37.1 Å². The smallest absolute Gasteiger partial charge is 0.414 e. The molecule has 1 fully saturated rings. The van der Waals surface area contributed by atoms with Gasteiger partial charge in [-0.15, -0.1) is 5.10 Å². The summed E-state index contributed by atoms with van der Waals surface area (Å²) in [7, 11) is 0. The van der Waals surface area contributed by atoms with E-state index in [-0.39, 0.29) is 56.2 Å². The van der Waals surface area contributed by atoms with Gasteiger partial charge >= 0.3 is 12.7 Å². The molecular formula is C18H20F3N3O6. The molecule has 0 spiro atoms. The van der Waals surface area contributed by atoms with Crippen LogP contribution in [0.15, 0.2) is 28.7 Å². The van der Waals surface area contributed by atoms with Crippen molar-refractivity contribution in [3.8, 4) is 11.8 Å². The Labute approximate surface area is 169 Å². The Kier molecular flexibility index (Phi) is 7.85. The lowest BCUT2D eigenvalue weighted by atomic mass is 10.1. The maximum atomic E-state index is 12.8. The molecule has 2 aromatic rings. The quantitative estimate of drug-likeness (QED) is 0.571. The van der Waals surface area contributed by atoms with Crippen LogP contribution < -0.4 is 14.8 Å². The minimum Gasteiger partial charge on any atom is -0.484 e. The summed E-state index contributed by atoms with van der Waals surface area (Å²) < 4.78 is 61.9. The van der Waals surface area contributed by atoms with Crippen LogP contribution in [0.25, 0.3) is 0 Å². The van der Waals surface area contributed by atoms with Crippen LogP contribution in [0.4, 0.5) is 13.2 Å². The van der Waals surface area contributed by atoms with E-state index < -0.39 is 12.7 Å². The van der Waals surface area contributed by atoms with Crippen LogP contribution in [0.3, 0.4) is 0 Å². The Hall–Kier alpha value is -2.86. The molecule has 9 nitrogen and oxygen atoms in total. The number of hydrogen-bond donors (Lipinski definition) is 1. The second-order valence-corrected chi connectivity index (χ2v) is 6.29. The normalized spacial score (nSPS) is 18.9. The maximum Gasteiger partial charge on any atom is 0.414 e. The average molecular weight is 431 g/mol. The first-order valence-corrected chi connectivity index (χ1v) is 9.15. The van der Waals surface area contributed by atoms with Crippen molar-refractivity contribution >= 4 is 5.91 Å². The van der Waals surface area contributed by atoms with Gasteiger partial charge in [-0.1, -0.05) is 5.10 Å². The van der Waals surface area contributed by atoms with Crippen molar-refractivity contribution in [2.75, 3.05) is 26.4 Å². The van der Waals surface area contributed by atoms with Crippen molar-refractivity contribution in [3.05, 3.63) is 36.0 Å². The van der Waals surface area contributed by atoms with Gasteiger partial charge in [0.15, 0.2) is 6.61 Å². The minimum absolute atomic E-state index is 0.161. The fourth-order valence-corrected chi connectivity index (χ4v) is 2.68. The summed E-state index contributed by atoms with van der Waals surface area (Å²) in [6.07, 6.45) is 0.490. The molecule has 1 aromatic heterocycles. The monoisotopic (exact) mass is 431 g/mol. The first kappa shape index (κ1) is 21.8. The van der Waals surface area contributed by atoms with E-state index in [4.69, 9.17) is 18.6 Å². The van der Waals surface area contributed by atoms with Gasteiger partial charge in [0.05, 0.1) is 19.3 Å². The molecule has 1 aliphatic heterocycles. The molecule has 1 aromatic carbocycles. The van der Waals surface area contributed by atoms with Gasteiger partial charge < -0.3 is 28.7 Å². The Bertz CT molecular complexity index is 797. The molecule has 3 rings (SSSR count). The van der Waals surface area contributed by atoms with Gasteiger partial charge in [-0.3, -0.25) is 4.79 Å². The predicted molar refractivity (Wildman–Crippen MR) is 93.5 cm³/mol. The highest BCUT2D eigenvalue weighted by atomic mass is 19.3. The Balaban J connectivity index is 1.35. The summed E-state index contributed by atoms with van der Waals surface area (Å²) in [6.45, 7) is -3.32. The van der Waals surface area contributed by atoms with E-state index >= 15 is 0 Å². The van der Waals surface area contributed by atoms with Crippen molar-refractivity contribution in [2.24, 2.45) is 0 Å². The summed E-state index contributed by atoms with van der Waals surface area (Å²) in [5.41, 5.74) is 0. The van der Waals surface area contributed by atoms with Crippen LogP contribution in [0.5, 0.6) is 11.8 Å². The SMILES string of the molecule is O=C(COc1ccc(F)cc1)N[C@H]1CC[C@H](c2nnc(OCCOC(F)F)o2)OC1. The summed E-state index contributed by atoms with van der Waals surface area (Å²) in [5.74, 6) is -0.127. The van der Waals surface area contributed by atoms with Gasteiger partial charge in [-0.2, -0.15) is 8.78 Å². The topological polar surface area (TPSA) is 105 Å². The number of aromatic nitrogens is 2. The molecule has 1 amide bonds. The van der Waals surface area contributed by atoms with Crippen LogP contribution in [0.1, 0.15) is 24.8 Å². The third-order valence-electron chi connectivity index (χ3n) is 4.07. The zero-order chi connectivity index (χ0) is 21.3. The van der Waals surface area contributed by atoms with Crippen LogP contribution in [-0.2, 0) is 14.3 Å². The van der Waals surface area contributed by atoms with E-state index in [2.05, 4.69) is 20.3 Å². The maximum absolute atomic E-state index is 12.8. The fraction of sp³-hybridized carbons (Fsp3) is 0.500. The third-order valence-corrected chi connectivity index (χ3v) is 4.07. The van der Waals surface area contributed by atoms with Crippen molar-refractivity contribution in [1.82, 2.24) is 15.5 Å². The van der Waals surface area contributed by atoms with Gasteiger partial charge in [-0.25, -0.2) is 4.39 Å². The van der Waals surface area contributed by atoms with Crippen LogP contribution in [0, 0.1) is 5.82 Å². The molecule has 2 heterocycles. The Morgan fingerprint density at radius 3 is 2.67 bits per heavy atom. The van der Waals surface area contributed by atoms with E-state index in [1.165, 1.54) is 24.3 Å². The second-order valence-electron chi connectivity index (χ2n) is 6.29. The number of carbonyl (C=O) groups excluding carboxylic acids is 1. The zero-order valence-electron chi connectivity index (χ0n) is 15.8. The number of ether oxygens (including phenoxy) is 4. The van der Waals surface area contributed by atoms with Crippen molar-refractivity contribution < 1.29 is 41.3 Å². The summed E-state index contributed by atoms with van der Waals surface area (Å²) >= 11 is 0. The Morgan fingerprint density at radius 1 is 1.17 bits per heavy atom. The minimum atomic E-state index is -2.87. The predicted octanol–water partition coefficient (Wildman–Crippen LogP) is 2.24. The molecule has 1 N–H and O–H groups in total. The molecule has 1 aliphatic rings. The highest BCUT2D eigenvalue weighted by Gasteiger charge is 2.28. The highest BCUT2D eigenvalue weighted by molar-refractivity contribution is 5.77. The number of halogens is 3. The van der Waals surface area contributed by atoms with Gasteiger partial charge in [0.1, 0.15) is 24.3 Å². The lowest BCUT2D eigenvalue weighted by Gasteiger charge is -2.27. The highest BCUT2D eigenvalue weighted by Crippen LogP contribution is 2.28. The summed E-state index contributed by atoms with van der Waals surface area (Å²) in [4.78, 5) is 12.0. The average Bonchev–Trinajstić information content (AvgIpc) is 3.20. The number of alkyl halides is 2. The van der Waals surface area contributed by atoms with E-state index in [9.17, 15) is 18.0 Å². The van der Waals surface area contributed by atoms with Gasteiger partial charge in [0.2, 0.25) is 5.89 Å². The number of benzene rings is 1. The lowest BCUT2D eigenvalue weighted by Crippen LogP contribution is -2.43. The van der Waals surface area contributed by atoms with Crippen LogP contribution >= 0.6 is 0 Å². The number of hydrogen-bond acceptors (Lipinski definition) is 8. The molecule has 0 aliphatic carbocycles. The standard InChI is InChI=1S/C18H20F3N3O6/c19-11-1-4-13(5-2-11)28-10-15(25)22-12-3-6-14(29-9-12)16-23-24-18(30-16)27-8-7-26-17(20)21/h1-2,4-5,12,14,17H,3,6-10H2,(H,22,25)/t12-,14+/m0/s1. The molecule has 30 heavy (non-hydrogen) atoms. The van der Waals surface area contributed by atoms with E-state index in [1.807, 2.05) is 0 Å². The van der Waals surface area contributed by atoms with Gasteiger partial charge in [0.25, 0.3) is 5.91 Å². The number of rotatable bonds is 10. The number of nitrogens with one attached hydrogen (secondary N) is 1. The first-order chi connectivity index (χ1) is 14.5. The largest absolute Gasteiger partial charge is 0.484 e.